The summed E-state index contributed by atoms with van der Waals surface area (Å²) in [6.45, 7) is 13.0. The van der Waals surface area contributed by atoms with Gasteiger partial charge in [0.1, 0.15) is 0 Å². The molecule has 0 unspecified atom stereocenters. The quantitative estimate of drug-likeness (QED) is 0.879. The number of hydrogen-bond acceptors (Lipinski definition) is 3. The fourth-order valence-corrected chi connectivity index (χ4v) is 2.95. The van der Waals surface area contributed by atoms with Crippen molar-refractivity contribution in [1.29, 1.82) is 0 Å². The summed E-state index contributed by atoms with van der Waals surface area (Å²) in [4.78, 5) is 14.7. The summed E-state index contributed by atoms with van der Waals surface area (Å²) in [6, 6.07) is 6.34. The monoisotopic (exact) mass is 303 g/mol. The highest BCUT2D eigenvalue weighted by Gasteiger charge is 2.18. The Morgan fingerprint density at radius 2 is 1.68 bits per heavy atom. The lowest BCUT2D eigenvalue weighted by molar-refractivity contribution is -0.117. The van der Waals surface area contributed by atoms with Gasteiger partial charge in [-0.3, -0.25) is 9.69 Å². The Morgan fingerprint density at radius 1 is 1.14 bits per heavy atom. The Labute approximate surface area is 134 Å². The van der Waals surface area contributed by atoms with Crippen molar-refractivity contribution in [3.8, 4) is 0 Å². The van der Waals surface area contributed by atoms with Crippen LogP contribution in [-0.4, -0.2) is 43.5 Å². The highest BCUT2D eigenvalue weighted by Crippen LogP contribution is 2.32. The van der Waals surface area contributed by atoms with Gasteiger partial charge in [-0.05, 0) is 23.0 Å². The Kier molecular flexibility index (Phi) is 5.98. The minimum atomic E-state index is 0.0944. The summed E-state index contributed by atoms with van der Waals surface area (Å²) in [6.07, 6.45) is 0. The predicted octanol–water partition coefficient (Wildman–Crippen LogP) is 2.78. The number of carbonyl (C=O) groups excluding carboxylic acids is 1. The standard InChI is InChI=1S/C18H29N3O/c1-13(2)15-6-5-7-16(14(3)4)18(15)20-17(22)12-21-10-8-19-9-11-21/h5-7,13-14,19H,8-12H2,1-4H3,(H,20,22). The van der Waals surface area contributed by atoms with Gasteiger partial charge >= 0.3 is 0 Å². The summed E-state index contributed by atoms with van der Waals surface area (Å²) in [5, 5.41) is 6.50. The van der Waals surface area contributed by atoms with Crippen LogP contribution in [0.3, 0.4) is 0 Å². The van der Waals surface area contributed by atoms with E-state index in [4.69, 9.17) is 0 Å². The zero-order chi connectivity index (χ0) is 16.1. The van der Waals surface area contributed by atoms with Crippen LogP contribution in [0.4, 0.5) is 5.69 Å². The maximum atomic E-state index is 12.5. The number of hydrogen-bond donors (Lipinski definition) is 2. The van der Waals surface area contributed by atoms with Gasteiger partial charge in [0.2, 0.25) is 5.91 Å². The zero-order valence-corrected chi connectivity index (χ0v) is 14.3. The number of benzene rings is 1. The summed E-state index contributed by atoms with van der Waals surface area (Å²) >= 11 is 0. The van der Waals surface area contributed by atoms with Gasteiger partial charge in [-0.1, -0.05) is 45.9 Å². The topological polar surface area (TPSA) is 44.4 Å². The second-order valence-electron chi connectivity index (χ2n) is 6.70. The second kappa shape index (κ2) is 7.75. The molecule has 0 saturated carbocycles. The molecule has 22 heavy (non-hydrogen) atoms. The van der Waals surface area contributed by atoms with E-state index in [-0.39, 0.29) is 5.91 Å². The molecule has 1 aromatic rings. The van der Waals surface area contributed by atoms with Crippen molar-refractivity contribution in [3.63, 3.8) is 0 Å². The van der Waals surface area contributed by atoms with E-state index in [0.29, 0.717) is 18.4 Å². The van der Waals surface area contributed by atoms with Gasteiger partial charge in [-0.25, -0.2) is 0 Å². The lowest BCUT2D eigenvalue weighted by Crippen LogP contribution is -2.46. The van der Waals surface area contributed by atoms with Gasteiger partial charge in [-0.2, -0.15) is 0 Å². The molecule has 1 aliphatic rings. The molecule has 4 nitrogen and oxygen atoms in total. The molecule has 1 aromatic carbocycles. The Morgan fingerprint density at radius 3 is 2.18 bits per heavy atom. The minimum Gasteiger partial charge on any atom is -0.324 e. The zero-order valence-electron chi connectivity index (χ0n) is 14.3. The smallest absolute Gasteiger partial charge is 0.238 e. The second-order valence-corrected chi connectivity index (χ2v) is 6.70. The van der Waals surface area contributed by atoms with E-state index in [1.165, 1.54) is 11.1 Å². The van der Waals surface area contributed by atoms with Gasteiger partial charge in [0.25, 0.3) is 0 Å². The Balaban J connectivity index is 2.14. The first-order valence-corrected chi connectivity index (χ1v) is 8.34. The van der Waals surface area contributed by atoms with Crippen LogP contribution >= 0.6 is 0 Å². The molecule has 0 bridgehead atoms. The number of amides is 1. The highest BCUT2D eigenvalue weighted by molar-refractivity contribution is 5.94. The molecule has 0 atom stereocenters. The normalized spacial score (nSPS) is 16.3. The van der Waals surface area contributed by atoms with Crippen molar-refractivity contribution in [2.75, 3.05) is 38.0 Å². The molecule has 0 spiro atoms. The minimum absolute atomic E-state index is 0.0944. The molecule has 0 aliphatic carbocycles. The fourth-order valence-electron chi connectivity index (χ4n) is 2.95. The van der Waals surface area contributed by atoms with E-state index in [1.54, 1.807) is 0 Å². The van der Waals surface area contributed by atoms with Crippen LogP contribution in [0.1, 0.15) is 50.7 Å². The third-order valence-corrected chi connectivity index (χ3v) is 4.21. The molecule has 2 rings (SSSR count). The lowest BCUT2D eigenvalue weighted by Gasteiger charge is -2.27. The van der Waals surface area contributed by atoms with Crippen molar-refractivity contribution in [2.24, 2.45) is 0 Å². The maximum Gasteiger partial charge on any atom is 0.238 e. The summed E-state index contributed by atoms with van der Waals surface area (Å²) in [5.41, 5.74) is 3.47. The summed E-state index contributed by atoms with van der Waals surface area (Å²) in [7, 11) is 0. The SMILES string of the molecule is CC(C)c1cccc(C(C)C)c1NC(=O)CN1CCNCC1. The van der Waals surface area contributed by atoms with Gasteiger partial charge in [0.15, 0.2) is 0 Å². The van der Waals surface area contributed by atoms with Gasteiger partial charge < -0.3 is 10.6 Å². The maximum absolute atomic E-state index is 12.5. The first-order chi connectivity index (χ1) is 10.5. The number of rotatable bonds is 5. The number of anilines is 1. The van der Waals surface area contributed by atoms with Crippen molar-refractivity contribution in [1.82, 2.24) is 10.2 Å². The van der Waals surface area contributed by atoms with E-state index in [0.717, 1.165) is 31.9 Å². The highest BCUT2D eigenvalue weighted by atomic mass is 16.2. The van der Waals surface area contributed by atoms with Crippen LogP contribution in [0.5, 0.6) is 0 Å². The lowest BCUT2D eigenvalue weighted by atomic mass is 9.92. The van der Waals surface area contributed by atoms with Crippen LogP contribution in [-0.2, 0) is 4.79 Å². The number of carbonyl (C=O) groups is 1. The van der Waals surface area contributed by atoms with Crippen LogP contribution in [0.15, 0.2) is 18.2 Å². The van der Waals surface area contributed by atoms with Crippen molar-refractivity contribution in [2.45, 2.75) is 39.5 Å². The molecule has 2 N–H and O–H groups in total. The van der Waals surface area contributed by atoms with E-state index in [9.17, 15) is 4.79 Å². The third kappa shape index (κ3) is 4.31. The molecule has 1 aliphatic heterocycles. The Hall–Kier alpha value is -1.39. The van der Waals surface area contributed by atoms with E-state index >= 15 is 0 Å². The molecule has 0 aromatic heterocycles. The van der Waals surface area contributed by atoms with Crippen LogP contribution < -0.4 is 10.6 Å². The van der Waals surface area contributed by atoms with Crippen LogP contribution in [0.2, 0.25) is 0 Å². The molecule has 1 fully saturated rings. The van der Waals surface area contributed by atoms with Crippen molar-refractivity contribution < 1.29 is 4.79 Å². The Bertz CT molecular complexity index is 479. The molecular formula is C18H29N3O. The fraction of sp³-hybridized carbons (Fsp3) is 0.611. The van der Waals surface area contributed by atoms with E-state index in [2.05, 4.69) is 61.4 Å². The number of para-hydroxylation sites is 1. The largest absolute Gasteiger partial charge is 0.324 e. The first kappa shape index (κ1) is 17.0. The first-order valence-electron chi connectivity index (χ1n) is 8.34. The third-order valence-electron chi connectivity index (χ3n) is 4.21. The molecule has 1 amide bonds. The molecular weight excluding hydrogens is 274 g/mol. The van der Waals surface area contributed by atoms with E-state index < -0.39 is 0 Å². The number of piperazine rings is 1. The molecule has 1 saturated heterocycles. The molecule has 4 heteroatoms. The average molecular weight is 303 g/mol. The van der Waals surface area contributed by atoms with Crippen molar-refractivity contribution >= 4 is 11.6 Å². The molecule has 0 radical (unpaired) electrons. The van der Waals surface area contributed by atoms with Gasteiger partial charge in [-0.15, -0.1) is 0 Å². The van der Waals surface area contributed by atoms with Gasteiger partial charge in [0.05, 0.1) is 6.54 Å². The van der Waals surface area contributed by atoms with Crippen LogP contribution in [0.25, 0.3) is 0 Å². The van der Waals surface area contributed by atoms with E-state index in [1.807, 2.05) is 0 Å². The number of nitrogens with zero attached hydrogens (tertiary/aromatic N) is 1. The van der Waals surface area contributed by atoms with Crippen LogP contribution in [0, 0.1) is 0 Å². The summed E-state index contributed by atoms with van der Waals surface area (Å²) in [5.74, 6) is 0.887. The molecule has 1 heterocycles. The number of nitrogens with one attached hydrogen (secondary N) is 2. The summed E-state index contributed by atoms with van der Waals surface area (Å²) < 4.78 is 0. The van der Waals surface area contributed by atoms with Gasteiger partial charge in [0, 0.05) is 31.9 Å². The van der Waals surface area contributed by atoms with Crippen molar-refractivity contribution in [3.05, 3.63) is 29.3 Å². The average Bonchev–Trinajstić information content (AvgIpc) is 2.47. The predicted molar refractivity (Wildman–Crippen MR) is 92.6 cm³/mol. The molecule has 122 valence electrons.